The minimum absolute atomic E-state index is 0. The van der Waals surface area contributed by atoms with Crippen molar-refractivity contribution in [1.29, 1.82) is 5.26 Å². The van der Waals surface area contributed by atoms with Gasteiger partial charge in [0.05, 0.1) is 11.8 Å². The summed E-state index contributed by atoms with van der Waals surface area (Å²) in [4.78, 5) is 14.5. The molecule has 1 radical (unpaired) electrons. The average molecular weight is 593 g/mol. The Hall–Kier alpha value is -3.39. The molecule has 31 heavy (non-hydrogen) atoms. The molecule has 0 unspecified atom stereocenters. The zero-order valence-corrected chi connectivity index (χ0v) is 19.2. The molecule has 0 aliphatic carbocycles. The fourth-order valence-electron chi connectivity index (χ4n) is 3.15. The van der Waals surface area contributed by atoms with Crippen molar-refractivity contribution in [3.63, 3.8) is 0 Å². The van der Waals surface area contributed by atoms with Crippen LogP contribution < -0.4 is 0 Å². The molecule has 159 valence electrons. The van der Waals surface area contributed by atoms with E-state index in [9.17, 15) is 9.18 Å². The van der Waals surface area contributed by atoms with E-state index in [-0.39, 0.29) is 38.9 Å². The monoisotopic (exact) mass is 593 g/mol. The molecule has 3 aromatic carbocycles. The fraction of sp³-hybridized carbons (Fsp3) is 0.0800. The van der Waals surface area contributed by atoms with Crippen molar-refractivity contribution in [3.8, 4) is 17.3 Å². The summed E-state index contributed by atoms with van der Waals surface area (Å²) in [5.74, 6) is -0.311. The average Bonchev–Trinajstić information content (AvgIpc) is 2.72. The second-order valence-electron chi connectivity index (χ2n) is 6.68. The van der Waals surface area contributed by atoms with Gasteiger partial charge in [-0.3, -0.25) is 4.79 Å². The Labute approximate surface area is 194 Å². The van der Waals surface area contributed by atoms with Crippen LogP contribution in [0.2, 0.25) is 0 Å². The molecule has 0 aliphatic heterocycles. The number of aliphatic hydroxyl groups is 1. The van der Waals surface area contributed by atoms with Crippen LogP contribution in [0.1, 0.15) is 20.8 Å². The zero-order valence-electron chi connectivity index (χ0n) is 16.8. The molecule has 0 bridgehead atoms. The number of fused-ring (bicyclic) bond motifs is 3. The summed E-state index contributed by atoms with van der Waals surface area (Å²) in [6.07, 6.45) is 2.90. The molecule has 4 rings (SSSR count). The van der Waals surface area contributed by atoms with Crippen molar-refractivity contribution in [2.45, 2.75) is 13.8 Å². The normalized spacial score (nSPS) is 10.6. The molecule has 0 atom stereocenters. The van der Waals surface area contributed by atoms with E-state index in [1.807, 2.05) is 18.2 Å². The second-order valence-corrected chi connectivity index (χ2v) is 6.68. The van der Waals surface area contributed by atoms with E-state index in [0.717, 1.165) is 32.8 Å². The number of aliphatic hydroxyl groups excluding tert-OH is 1. The Morgan fingerprint density at radius 2 is 1.87 bits per heavy atom. The van der Waals surface area contributed by atoms with Crippen molar-refractivity contribution in [1.82, 2.24) is 4.98 Å². The van der Waals surface area contributed by atoms with Gasteiger partial charge in [-0.05, 0) is 64.8 Å². The number of pyridine rings is 1. The molecular formula is C25H20FIrN2O2-. The van der Waals surface area contributed by atoms with Crippen LogP contribution in [-0.4, -0.2) is 15.9 Å². The van der Waals surface area contributed by atoms with Crippen LogP contribution in [0, 0.1) is 23.2 Å². The van der Waals surface area contributed by atoms with Crippen LogP contribution in [0.25, 0.3) is 32.8 Å². The second kappa shape index (κ2) is 10.6. The van der Waals surface area contributed by atoms with Gasteiger partial charge in [0.1, 0.15) is 5.82 Å². The van der Waals surface area contributed by atoms with Crippen LogP contribution in [0.3, 0.4) is 0 Å². The number of nitriles is 1. The maximum atomic E-state index is 13.4. The molecule has 0 fully saturated rings. The number of nitrogens with zero attached hydrogens (tertiary/aromatic N) is 2. The first-order valence-electron chi connectivity index (χ1n) is 9.16. The van der Waals surface area contributed by atoms with Gasteiger partial charge in [0, 0.05) is 33.8 Å². The molecule has 4 aromatic rings. The van der Waals surface area contributed by atoms with Gasteiger partial charge in [0.15, 0.2) is 5.78 Å². The summed E-state index contributed by atoms with van der Waals surface area (Å²) in [5, 5.41) is 21.2. The summed E-state index contributed by atoms with van der Waals surface area (Å²) in [6, 6.07) is 21.0. The molecule has 0 amide bonds. The molecule has 0 saturated carbocycles. The van der Waals surface area contributed by atoms with E-state index in [2.05, 4.69) is 17.1 Å². The minimum Gasteiger partial charge on any atom is -0.512 e. The topological polar surface area (TPSA) is 74.0 Å². The van der Waals surface area contributed by atoms with Crippen molar-refractivity contribution >= 4 is 27.3 Å². The van der Waals surface area contributed by atoms with Gasteiger partial charge in [-0.15, -0.1) is 29.8 Å². The third-order valence-electron chi connectivity index (χ3n) is 4.32. The zero-order chi connectivity index (χ0) is 21.7. The van der Waals surface area contributed by atoms with Gasteiger partial charge < -0.3 is 10.1 Å². The number of hydrogen-bond acceptors (Lipinski definition) is 4. The summed E-state index contributed by atoms with van der Waals surface area (Å²) in [7, 11) is 0. The number of benzene rings is 3. The number of rotatable bonds is 2. The first kappa shape index (κ1) is 23.9. The Bertz CT molecular complexity index is 1330. The van der Waals surface area contributed by atoms with Crippen molar-refractivity contribution in [2.24, 2.45) is 0 Å². The number of carbonyl (C=O) groups is 1. The summed E-state index contributed by atoms with van der Waals surface area (Å²) < 4.78 is 13.4. The molecule has 1 N–H and O–H groups in total. The Balaban J connectivity index is 0.000000501. The van der Waals surface area contributed by atoms with Crippen molar-refractivity contribution in [2.75, 3.05) is 0 Å². The Morgan fingerprint density at radius 1 is 1.13 bits per heavy atom. The third-order valence-corrected chi connectivity index (χ3v) is 4.32. The van der Waals surface area contributed by atoms with E-state index in [0.29, 0.717) is 5.56 Å². The summed E-state index contributed by atoms with van der Waals surface area (Å²) in [5.41, 5.74) is 2.11. The molecule has 6 heteroatoms. The van der Waals surface area contributed by atoms with Crippen LogP contribution in [0.5, 0.6) is 0 Å². The Kier molecular flexibility index (Phi) is 8.15. The van der Waals surface area contributed by atoms with E-state index in [1.165, 1.54) is 32.1 Å². The standard InChI is InChI=1S/C20H10FN2.C5H8O2.Ir.H2/c21-16-5-7-17-14(11-16)4-6-19-18(17)8-9-23-20(19)15-3-1-2-13(10-15)12-22;1-4(6)3-5(2)7;;/h1-2,4-11H;3,6H,1-2H3;;1H/q-1;;;/i;;;1+1. The molecule has 4 nitrogen and oxygen atoms in total. The van der Waals surface area contributed by atoms with Crippen molar-refractivity contribution < 1.29 is 35.8 Å². The largest absolute Gasteiger partial charge is 0.512 e. The first-order chi connectivity index (χ1) is 14.4. The van der Waals surface area contributed by atoms with Gasteiger partial charge in [0.2, 0.25) is 0 Å². The molecule has 1 heterocycles. The Morgan fingerprint density at radius 3 is 2.52 bits per heavy atom. The third kappa shape index (κ3) is 5.82. The number of allylic oxidation sites excluding steroid dienone is 2. The van der Waals surface area contributed by atoms with Crippen molar-refractivity contribution in [3.05, 3.63) is 90.1 Å². The van der Waals surface area contributed by atoms with E-state index >= 15 is 0 Å². The molecular weight excluding hydrogens is 572 g/mol. The fourth-order valence-corrected chi connectivity index (χ4v) is 3.15. The van der Waals surface area contributed by atoms with Gasteiger partial charge in [0.25, 0.3) is 0 Å². The van der Waals surface area contributed by atoms with Crippen LogP contribution in [0.15, 0.2) is 72.6 Å². The molecule has 0 aliphatic rings. The number of ketones is 1. The van der Waals surface area contributed by atoms with Gasteiger partial charge >= 0.3 is 0 Å². The summed E-state index contributed by atoms with van der Waals surface area (Å²) in [6.45, 7) is 2.85. The quantitative estimate of drug-likeness (QED) is 0.131. The van der Waals surface area contributed by atoms with E-state index in [4.69, 9.17) is 10.4 Å². The SMILES string of the molecule is CC(=O)C=C(C)O.N#Cc1cc[c-]c(-c2nccc3c2ccc2cc(F)ccc23)c1.[2HH].[Ir]. The van der Waals surface area contributed by atoms with E-state index < -0.39 is 0 Å². The predicted molar refractivity (Wildman–Crippen MR) is 117 cm³/mol. The maximum absolute atomic E-state index is 13.4. The molecule has 0 spiro atoms. The number of halogens is 1. The van der Waals surface area contributed by atoms with Crippen LogP contribution in [-0.2, 0) is 24.9 Å². The first-order valence-corrected chi connectivity index (χ1v) is 9.16. The van der Waals surface area contributed by atoms with Gasteiger partial charge in [-0.2, -0.15) is 5.26 Å². The van der Waals surface area contributed by atoms with Crippen LogP contribution in [0.4, 0.5) is 4.39 Å². The van der Waals surface area contributed by atoms with Crippen LogP contribution >= 0.6 is 0 Å². The van der Waals surface area contributed by atoms with E-state index in [1.54, 1.807) is 30.5 Å². The number of aromatic nitrogens is 1. The minimum atomic E-state index is -0.249. The number of hydrogen-bond donors (Lipinski definition) is 1. The van der Waals surface area contributed by atoms with Gasteiger partial charge in [-0.1, -0.05) is 18.2 Å². The summed E-state index contributed by atoms with van der Waals surface area (Å²) >= 11 is 0. The molecule has 0 saturated heterocycles. The number of carbonyl (C=O) groups excluding carboxylic acids is 1. The molecule has 1 aromatic heterocycles. The smallest absolute Gasteiger partial charge is 0.155 e. The maximum Gasteiger partial charge on any atom is 0.155 e. The predicted octanol–water partition coefficient (Wildman–Crippen LogP) is 6.15. The van der Waals surface area contributed by atoms with Gasteiger partial charge in [-0.25, -0.2) is 4.39 Å².